The summed E-state index contributed by atoms with van der Waals surface area (Å²) in [7, 11) is 0. The number of hydrogen-bond acceptors (Lipinski definition) is 6. The normalized spacial score (nSPS) is 25.3. The Morgan fingerprint density at radius 1 is 1.04 bits per heavy atom. The van der Waals surface area contributed by atoms with Crippen LogP contribution in [0.3, 0.4) is 0 Å². The second kappa shape index (κ2) is 6.49. The van der Waals surface area contributed by atoms with Gasteiger partial charge in [-0.1, -0.05) is 29.7 Å². The first-order valence-corrected chi connectivity index (χ1v) is 8.77. The topological polar surface area (TPSA) is 70.3 Å². The number of hydrogen-bond donors (Lipinski definition) is 1. The number of anilines is 1. The Labute approximate surface area is 141 Å². The zero-order valence-corrected chi connectivity index (χ0v) is 13.9. The average Bonchev–Trinajstić information content (AvgIpc) is 3.23. The summed E-state index contributed by atoms with van der Waals surface area (Å²) in [6.07, 6.45) is 4.55. The predicted molar refractivity (Wildman–Crippen MR) is 91.2 cm³/mol. The summed E-state index contributed by atoms with van der Waals surface area (Å²) >= 11 is 0. The van der Waals surface area contributed by atoms with Gasteiger partial charge in [0.25, 0.3) is 0 Å². The number of benzene rings is 1. The van der Waals surface area contributed by atoms with Gasteiger partial charge in [0, 0.05) is 13.1 Å². The molecule has 0 aliphatic carbocycles. The van der Waals surface area contributed by atoms with Crippen LogP contribution >= 0.6 is 0 Å². The minimum Gasteiger partial charge on any atom is -0.387 e. The molecule has 2 aliphatic heterocycles. The number of tetrazole rings is 1. The maximum atomic E-state index is 11.0. The van der Waals surface area contributed by atoms with Gasteiger partial charge in [-0.15, -0.1) is 0 Å². The molecule has 0 radical (unpaired) electrons. The molecule has 24 heavy (non-hydrogen) atoms. The third-order valence-electron chi connectivity index (χ3n) is 5.04. The van der Waals surface area contributed by atoms with E-state index >= 15 is 0 Å². The SMILES string of the molecule is OC1(CN2CCCCC2)CCN(c2nnnn2-c2ccccc2)C1. The van der Waals surface area contributed by atoms with Crippen LogP contribution in [0.1, 0.15) is 25.7 Å². The summed E-state index contributed by atoms with van der Waals surface area (Å²) in [4.78, 5) is 4.49. The van der Waals surface area contributed by atoms with E-state index in [0.29, 0.717) is 12.5 Å². The van der Waals surface area contributed by atoms with Crippen molar-refractivity contribution in [2.24, 2.45) is 0 Å². The predicted octanol–water partition coefficient (Wildman–Crippen LogP) is 1.09. The van der Waals surface area contributed by atoms with Crippen molar-refractivity contribution in [1.29, 1.82) is 0 Å². The maximum absolute atomic E-state index is 11.0. The number of para-hydroxylation sites is 1. The molecular weight excluding hydrogens is 304 g/mol. The summed E-state index contributed by atoms with van der Waals surface area (Å²) in [5.41, 5.74) is 0.258. The minimum atomic E-state index is -0.676. The van der Waals surface area contributed by atoms with Crippen LogP contribution in [0.2, 0.25) is 0 Å². The highest BCUT2D eigenvalue weighted by Crippen LogP contribution is 2.28. The van der Waals surface area contributed by atoms with Crippen LogP contribution < -0.4 is 4.90 Å². The van der Waals surface area contributed by atoms with Crippen LogP contribution in [-0.4, -0.2) is 68.5 Å². The van der Waals surface area contributed by atoms with Gasteiger partial charge < -0.3 is 14.9 Å². The van der Waals surface area contributed by atoms with Gasteiger partial charge in [-0.3, -0.25) is 0 Å². The lowest BCUT2D eigenvalue weighted by molar-refractivity contribution is 0.0169. The second-order valence-corrected chi connectivity index (χ2v) is 6.96. The lowest BCUT2D eigenvalue weighted by atomic mass is 10.0. The fraction of sp³-hybridized carbons (Fsp3) is 0.588. The number of aliphatic hydroxyl groups is 1. The van der Waals surface area contributed by atoms with Crippen molar-refractivity contribution in [3.63, 3.8) is 0 Å². The monoisotopic (exact) mass is 328 g/mol. The Morgan fingerprint density at radius 3 is 2.62 bits per heavy atom. The molecule has 0 bridgehead atoms. The smallest absolute Gasteiger partial charge is 0.250 e. The molecule has 1 N–H and O–H groups in total. The van der Waals surface area contributed by atoms with Crippen LogP contribution in [0.25, 0.3) is 5.69 Å². The van der Waals surface area contributed by atoms with Gasteiger partial charge in [-0.25, -0.2) is 0 Å². The van der Waals surface area contributed by atoms with Gasteiger partial charge in [0.05, 0.1) is 17.8 Å². The summed E-state index contributed by atoms with van der Waals surface area (Å²) in [6.45, 7) is 4.30. The van der Waals surface area contributed by atoms with E-state index in [1.807, 2.05) is 30.3 Å². The molecule has 3 heterocycles. The number of piperidine rings is 1. The molecule has 2 aromatic rings. The fourth-order valence-corrected chi connectivity index (χ4v) is 3.81. The molecular formula is C17H24N6O. The van der Waals surface area contributed by atoms with E-state index in [1.165, 1.54) is 19.3 Å². The van der Waals surface area contributed by atoms with Gasteiger partial charge >= 0.3 is 0 Å². The Kier molecular flexibility index (Phi) is 4.20. The molecule has 1 aromatic carbocycles. The highest BCUT2D eigenvalue weighted by Gasteiger charge is 2.39. The molecule has 1 atom stereocenters. The first-order valence-electron chi connectivity index (χ1n) is 8.77. The van der Waals surface area contributed by atoms with Gasteiger partial charge in [-0.05, 0) is 54.9 Å². The molecule has 1 aromatic heterocycles. The molecule has 0 amide bonds. The molecule has 0 saturated carbocycles. The first-order chi connectivity index (χ1) is 11.7. The molecule has 2 saturated heterocycles. The number of rotatable bonds is 4. The van der Waals surface area contributed by atoms with E-state index < -0.39 is 5.60 Å². The van der Waals surface area contributed by atoms with Gasteiger partial charge in [0.15, 0.2) is 0 Å². The Balaban J connectivity index is 1.48. The number of β-amino-alcohol motifs (C(OH)–C–C–N with tert-alkyl or cyclic N) is 1. The largest absolute Gasteiger partial charge is 0.387 e. The molecule has 1 unspecified atom stereocenters. The quantitative estimate of drug-likeness (QED) is 0.906. The van der Waals surface area contributed by atoms with Crippen molar-refractivity contribution >= 4 is 5.95 Å². The third kappa shape index (κ3) is 3.14. The maximum Gasteiger partial charge on any atom is 0.250 e. The second-order valence-electron chi connectivity index (χ2n) is 6.96. The van der Waals surface area contributed by atoms with E-state index in [2.05, 4.69) is 25.3 Å². The van der Waals surface area contributed by atoms with Crippen LogP contribution in [0.5, 0.6) is 0 Å². The number of likely N-dealkylation sites (tertiary alicyclic amines) is 1. The van der Waals surface area contributed by atoms with Crippen LogP contribution in [-0.2, 0) is 0 Å². The Bertz CT molecular complexity index is 669. The van der Waals surface area contributed by atoms with Crippen molar-refractivity contribution in [2.45, 2.75) is 31.3 Å². The van der Waals surface area contributed by atoms with E-state index in [0.717, 1.165) is 38.3 Å². The Hall–Kier alpha value is -1.99. The zero-order valence-electron chi connectivity index (χ0n) is 13.9. The molecule has 4 rings (SSSR count). The zero-order chi connectivity index (χ0) is 16.4. The van der Waals surface area contributed by atoms with Gasteiger partial charge in [0.2, 0.25) is 5.95 Å². The van der Waals surface area contributed by atoms with E-state index in [1.54, 1.807) is 4.68 Å². The van der Waals surface area contributed by atoms with Gasteiger partial charge in [0.1, 0.15) is 0 Å². The summed E-state index contributed by atoms with van der Waals surface area (Å²) in [5.74, 6) is 0.704. The average molecular weight is 328 g/mol. The Morgan fingerprint density at radius 2 is 1.83 bits per heavy atom. The highest BCUT2D eigenvalue weighted by atomic mass is 16.3. The molecule has 2 fully saturated rings. The number of aromatic nitrogens is 4. The van der Waals surface area contributed by atoms with Crippen molar-refractivity contribution in [3.8, 4) is 5.69 Å². The molecule has 2 aliphatic rings. The van der Waals surface area contributed by atoms with Crippen LogP contribution in [0, 0.1) is 0 Å². The molecule has 7 heteroatoms. The van der Waals surface area contributed by atoms with Crippen LogP contribution in [0.15, 0.2) is 30.3 Å². The van der Waals surface area contributed by atoms with Gasteiger partial charge in [-0.2, -0.15) is 4.68 Å². The molecule has 7 nitrogen and oxygen atoms in total. The van der Waals surface area contributed by atoms with Crippen molar-refractivity contribution in [2.75, 3.05) is 37.6 Å². The standard InChI is InChI=1S/C17H24N6O/c24-17(13-21-10-5-2-6-11-21)9-12-22(14-17)16-18-19-20-23(16)15-7-3-1-4-8-15/h1,3-4,7-8,24H,2,5-6,9-14H2. The third-order valence-corrected chi connectivity index (χ3v) is 5.04. The van der Waals surface area contributed by atoms with E-state index in [-0.39, 0.29) is 0 Å². The van der Waals surface area contributed by atoms with Crippen molar-refractivity contribution < 1.29 is 5.11 Å². The van der Waals surface area contributed by atoms with E-state index in [4.69, 9.17) is 0 Å². The minimum absolute atomic E-state index is 0.580. The van der Waals surface area contributed by atoms with E-state index in [9.17, 15) is 5.11 Å². The summed E-state index contributed by atoms with van der Waals surface area (Å²) < 4.78 is 1.74. The lowest BCUT2D eigenvalue weighted by Gasteiger charge is -2.33. The lowest BCUT2D eigenvalue weighted by Crippen LogP contribution is -2.47. The van der Waals surface area contributed by atoms with Crippen molar-refractivity contribution in [3.05, 3.63) is 30.3 Å². The van der Waals surface area contributed by atoms with Crippen LogP contribution in [0.4, 0.5) is 5.95 Å². The van der Waals surface area contributed by atoms with Crippen molar-refractivity contribution in [1.82, 2.24) is 25.1 Å². The highest BCUT2D eigenvalue weighted by molar-refractivity contribution is 5.42. The number of nitrogens with zero attached hydrogens (tertiary/aromatic N) is 6. The summed E-state index contributed by atoms with van der Waals surface area (Å²) in [5, 5.41) is 23.2. The first kappa shape index (κ1) is 15.5. The molecule has 128 valence electrons. The molecule has 0 spiro atoms. The summed E-state index contributed by atoms with van der Waals surface area (Å²) in [6, 6.07) is 9.88. The fourth-order valence-electron chi connectivity index (χ4n) is 3.81.